The Morgan fingerprint density at radius 1 is 1.24 bits per heavy atom. The molecule has 1 aromatic rings. The zero-order valence-electron chi connectivity index (χ0n) is 34.4. The molecule has 2 heterocycles. The van der Waals surface area contributed by atoms with Crippen LogP contribution in [0, 0.1) is 29.1 Å². The van der Waals surface area contributed by atoms with Crippen LogP contribution in [-0.4, -0.2) is 66.4 Å². The molecule has 2 aliphatic heterocycles. The van der Waals surface area contributed by atoms with Gasteiger partial charge < -0.3 is 16.0 Å². The maximum Gasteiger partial charge on any atom is 0.139 e. The molecule has 4 unspecified atom stereocenters. The Labute approximate surface area is 332 Å². The Morgan fingerprint density at radius 3 is 2.50 bits per heavy atom. The number of halogens is 1. The fourth-order valence-corrected chi connectivity index (χ4v) is 8.08. The molecule has 3 N–H and O–H groups in total. The first kappa shape index (κ1) is 44.5. The molecule has 2 radical (unpaired) electrons. The molecule has 5 rings (SSSR count). The minimum Gasteiger partial charge on any atom is -0.399 e. The summed E-state index contributed by atoms with van der Waals surface area (Å²) < 4.78 is 14.3. The third-order valence-electron chi connectivity index (χ3n) is 11.3. The molecule has 1 saturated carbocycles. The lowest BCUT2D eigenvalue weighted by Crippen LogP contribution is -2.57. The van der Waals surface area contributed by atoms with E-state index in [1.807, 2.05) is 65.8 Å². The number of aryl methyl sites for hydroxylation is 1. The van der Waals surface area contributed by atoms with Gasteiger partial charge in [0, 0.05) is 58.9 Å². The largest absolute Gasteiger partial charge is 0.399 e. The standard InChI is InChI=1S/C31H34FN5.C12H22BNS.C2H6/c1-6-8-13-36-31(37-14-9-10-21-16-28(21)37)26(18-33)30(35-5)20(4)19(3)25-17-23(34)15-22-11-12-27(32)24(7-2)29(22)25;1-6-10-7-8-14(12(5,13)15)9(2)11(10,3)4;1-2/h2,6,8-9,14-15,17-18,21,28,33H,5,10-13,16,34H2,1,3-4H3;6,9,15H,7-8H2,1-5H3;1-2H3/b8-6-,20-19+,30-26-,33-18?,36-31?;10-6+;. The molecule has 2 aliphatic carbocycles. The van der Waals surface area contributed by atoms with E-state index in [0.717, 1.165) is 48.1 Å². The molecule has 0 spiro atoms. The Bertz CT molecular complexity index is 1830. The Morgan fingerprint density at radius 2 is 1.93 bits per heavy atom. The summed E-state index contributed by atoms with van der Waals surface area (Å²) in [5.74, 6) is 3.60. The van der Waals surface area contributed by atoms with E-state index >= 15 is 0 Å². The summed E-state index contributed by atoms with van der Waals surface area (Å²) in [5.41, 5.74) is 14.1. The molecule has 0 aromatic heterocycles. The highest BCUT2D eigenvalue weighted by molar-refractivity contribution is 7.83. The highest BCUT2D eigenvalue weighted by atomic mass is 32.1. The normalized spacial score (nSPS) is 24.7. The van der Waals surface area contributed by atoms with Crippen molar-refractivity contribution in [2.45, 2.75) is 118 Å². The number of nitrogens with two attached hydrogens (primary N) is 1. The van der Waals surface area contributed by atoms with Gasteiger partial charge in [-0.15, -0.1) is 6.42 Å². The molecular formula is C45H62BFN6S. The van der Waals surface area contributed by atoms with Crippen LogP contribution in [0.5, 0.6) is 0 Å². The predicted octanol–water partition coefficient (Wildman–Crippen LogP) is 10.4. The maximum absolute atomic E-state index is 14.8. The summed E-state index contributed by atoms with van der Waals surface area (Å²) in [6.07, 6.45) is 21.6. The molecule has 0 amide bonds. The number of benzene rings is 1. The van der Waals surface area contributed by atoms with Gasteiger partial charge in [-0.25, -0.2) is 4.39 Å². The maximum atomic E-state index is 14.8. The lowest BCUT2D eigenvalue weighted by Gasteiger charge is -2.52. The van der Waals surface area contributed by atoms with E-state index in [2.05, 4.69) is 86.1 Å². The third-order valence-corrected chi connectivity index (χ3v) is 11.6. The van der Waals surface area contributed by atoms with Crippen LogP contribution < -0.4 is 5.73 Å². The Kier molecular flexibility index (Phi) is 15.8. The van der Waals surface area contributed by atoms with Crippen LogP contribution in [0.4, 0.5) is 10.1 Å². The molecule has 4 aliphatic rings. The van der Waals surface area contributed by atoms with Crippen molar-refractivity contribution in [1.29, 1.82) is 5.41 Å². The number of fused-ring (bicyclic) bond motifs is 2. The number of anilines is 1. The van der Waals surface area contributed by atoms with Crippen molar-refractivity contribution in [3.05, 3.63) is 87.6 Å². The third kappa shape index (κ3) is 9.68. The number of allylic oxidation sites excluding steroid dienone is 7. The Balaban J connectivity index is 0.000000386. The van der Waals surface area contributed by atoms with Gasteiger partial charge in [-0.3, -0.25) is 14.9 Å². The predicted molar refractivity (Wildman–Crippen MR) is 237 cm³/mol. The first-order chi connectivity index (χ1) is 25.6. The van der Waals surface area contributed by atoms with Crippen LogP contribution in [0.25, 0.3) is 11.1 Å². The summed E-state index contributed by atoms with van der Waals surface area (Å²) in [5, 5.41) is 8.37. The highest BCUT2D eigenvalue weighted by Gasteiger charge is 2.44. The van der Waals surface area contributed by atoms with Crippen LogP contribution in [0.1, 0.15) is 112 Å². The van der Waals surface area contributed by atoms with Crippen molar-refractivity contribution in [1.82, 2.24) is 9.80 Å². The average molecular weight is 749 g/mol. The van der Waals surface area contributed by atoms with E-state index < -0.39 is 4.77 Å². The molecule has 4 atom stereocenters. The topological polar surface area (TPSA) is 81.1 Å². The summed E-state index contributed by atoms with van der Waals surface area (Å²) in [6.45, 7) is 26.1. The fraction of sp³-hybridized carbons (Fsp3) is 0.489. The fourth-order valence-electron chi connectivity index (χ4n) is 7.81. The number of nitrogen functional groups attached to an aromatic ring is 1. The van der Waals surface area contributed by atoms with Crippen molar-refractivity contribution in [3.8, 4) is 12.3 Å². The molecule has 1 saturated heterocycles. The molecule has 9 heteroatoms. The van der Waals surface area contributed by atoms with Crippen molar-refractivity contribution >= 4 is 56.1 Å². The van der Waals surface area contributed by atoms with E-state index in [4.69, 9.17) is 30.4 Å². The summed E-state index contributed by atoms with van der Waals surface area (Å²) in [6, 6.07) is 4.51. The van der Waals surface area contributed by atoms with Crippen molar-refractivity contribution in [2.24, 2.45) is 21.3 Å². The van der Waals surface area contributed by atoms with Gasteiger partial charge in [0.2, 0.25) is 0 Å². The number of terminal acetylenes is 1. The van der Waals surface area contributed by atoms with E-state index in [0.29, 0.717) is 59.3 Å². The van der Waals surface area contributed by atoms with Crippen molar-refractivity contribution in [3.63, 3.8) is 0 Å². The second-order valence-electron chi connectivity index (χ2n) is 14.9. The number of hydrogen-bond donors (Lipinski definition) is 3. The highest BCUT2D eigenvalue weighted by Crippen LogP contribution is 2.44. The summed E-state index contributed by atoms with van der Waals surface area (Å²) >= 11 is 4.48. The SMILES string of the molecule is C#CC1=C(F)CCc2cc(N)cc(/C(C)=C(C)/C(N=C)=C(\C=N)C(=NC/C=C\C)N3C=CCC4CC43)c21.CC.[B]C(C)(S)N1CC/C(=C\C)C(C)(C)C1C. The van der Waals surface area contributed by atoms with E-state index in [1.165, 1.54) is 11.8 Å². The van der Waals surface area contributed by atoms with Crippen LogP contribution in [0.15, 0.2) is 80.9 Å². The molecule has 1 aromatic carbocycles. The lowest BCUT2D eigenvalue weighted by atomic mass is 9.71. The van der Waals surface area contributed by atoms with Gasteiger partial charge in [-0.1, -0.05) is 63.5 Å². The smallest absolute Gasteiger partial charge is 0.139 e. The van der Waals surface area contributed by atoms with Crippen LogP contribution >= 0.6 is 12.6 Å². The molecule has 288 valence electrons. The first-order valence-electron chi connectivity index (χ1n) is 19.3. The number of aliphatic imine (C=N–C) groups is 2. The minimum atomic E-state index is -0.518. The monoisotopic (exact) mass is 748 g/mol. The van der Waals surface area contributed by atoms with E-state index in [1.54, 1.807) is 0 Å². The second-order valence-corrected chi connectivity index (χ2v) is 15.8. The first-order valence-corrected chi connectivity index (χ1v) is 19.7. The van der Waals surface area contributed by atoms with Gasteiger partial charge in [0.15, 0.2) is 0 Å². The summed E-state index contributed by atoms with van der Waals surface area (Å²) in [4.78, 5) is 13.7. The number of nitrogens with one attached hydrogen (secondary N) is 1. The number of amidine groups is 1. The number of piperidine rings is 1. The quantitative estimate of drug-likeness (QED) is 0.0362. The lowest BCUT2D eigenvalue weighted by molar-refractivity contribution is 0.0734. The molecule has 54 heavy (non-hydrogen) atoms. The number of likely N-dealkylation sites (tertiary alicyclic amines) is 1. The van der Waals surface area contributed by atoms with Crippen LogP contribution in [0.3, 0.4) is 0 Å². The molecule has 2 fully saturated rings. The van der Waals surface area contributed by atoms with Crippen molar-refractivity contribution < 1.29 is 4.39 Å². The molecular weight excluding hydrogens is 686 g/mol. The molecule has 0 bridgehead atoms. The number of rotatable bonds is 8. The van der Waals surface area contributed by atoms with Crippen molar-refractivity contribution in [2.75, 3.05) is 18.8 Å². The number of thiol groups is 1. The van der Waals surface area contributed by atoms with Gasteiger partial charge in [0.05, 0.1) is 23.4 Å². The number of hydrogen-bond acceptors (Lipinski definition) is 6. The van der Waals surface area contributed by atoms with Gasteiger partial charge in [0.1, 0.15) is 19.5 Å². The van der Waals surface area contributed by atoms with Gasteiger partial charge in [0.25, 0.3) is 0 Å². The number of nitrogens with zero attached hydrogens (tertiary/aromatic N) is 4. The molecule has 6 nitrogen and oxygen atoms in total. The second kappa shape index (κ2) is 19.1. The summed E-state index contributed by atoms with van der Waals surface area (Å²) in [7, 11) is 6.08. The zero-order chi connectivity index (χ0) is 40.5. The Hall–Kier alpha value is -3.87. The zero-order valence-corrected chi connectivity index (χ0v) is 35.2. The average Bonchev–Trinajstić information content (AvgIpc) is 3.94. The van der Waals surface area contributed by atoms with E-state index in [-0.39, 0.29) is 23.2 Å². The van der Waals surface area contributed by atoms with Gasteiger partial charge in [-0.05, 0) is 114 Å². The minimum absolute atomic E-state index is 0.191. The van der Waals surface area contributed by atoms with Gasteiger partial charge >= 0.3 is 0 Å². The van der Waals surface area contributed by atoms with E-state index in [9.17, 15) is 4.39 Å². The van der Waals surface area contributed by atoms with Crippen LogP contribution in [0.2, 0.25) is 0 Å². The van der Waals surface area contributed by atoms with Crippen LogP contribution in [-0.2, 0) is 6.42 Å². The van der Waals surface area contributed by atoms with Gasteiger partial charge in [-0.2, -0.15) is 12.6 Å².